The van der Waals surface area contributed by atoms with Gasteiger partial charge in [-0.3, -0.25) is 0 Å². The quantitative estimate of drug-likeness (QED) is 0.548. The molecule has 0 saturated carbocycles. The van der Waals surface area contributed by atoms with Crippen molar-refractivity contribution < 1.29 is 4.74 Å². The Kier molecular flexibility index (Phi) is 5.05. The number of hydrogen-bond acceptors (Lipinski definition) is 5. The Hall–Kier alpha value is -2.47. The smallest absolute Gasteiger partial charge is 0.210 e. The fourth-order valence-electron chi connectivity index (χ4n) is 2.38. The van der Waals surface area contributed by atoms with E-state index >= 15 is 0 Å². The van der Waals surface area contributed by atoms with Crippen LogP contribution in [0.1, 0.15) is 18.1 Å². The fraction of sp³-hybridized carbons (Fsp3) is 0.222. The van der Waals surface area contributed by atoms with E-state index in [1.54, 1.807) is 11.8 Å². The summed E-state index contributed by atoms with van der Waals surface area (Å²) in [4.78, 5) is 0. The highest BCUT2D eigenvalue weighted by Crippen LogP contribution is 2.27. The summed E-state index contributed by atoms with van der Waals surface area (Å²) in [7, 11) is 0. The van der Waals surface area contributed by atoms with E-state index in [1.807, 2.05) is 43.3 Å². The van der Waals surface area contributed by atoms with Gasteiger partial charge in [0.2, 0.25) is 5.16 Å². The molecule has 0 unspecified atom stereocenters. The number of thioether (sulfide) groups is 1. The van der Waals surface area contributed by atoms with Crippen LogP contribution in [0.4, 0.5) is 0 Å². The number of aryl methyl sites for hydroxylation is 1. The number of rotatable bonds is 6. The van der Waals surface area contributed by atoms with E-state index in [4.69, 9.17) is 10.6 Å². The van der Waals surface area contributed by atoms with Gasteiger partial charge in [0, 0.05) is 11.3 Å². The molecule has 0 spiro atoms. The van der Waals surface area contributed by atoms with Crippen molar-refractivity contribution in [3.8, 4) is 17.1 Å². The van der Waals surface area contributed by atoms with Gasteiger partial charge < -0.3 is 10.6 Å². The average Bonchev–Trinajstić information content (AvgIpc) is 2.95. The summed E-state index contributed by atoms with van der Waals surface area (Å²) in [5, 5.41) is 9.15. The van der Waals surface area contributed by atoms with Gasteiger partial charge in [0.25, 0.3) is 0 Å². The van der Waals surface area contributed by atoms with Crippen LogP contribution in [0, 0.1) is 6.92 Å². The van der Waals surface area contributed by atoms with Crippen LogP contribution in [0.25, 0.3) is 11.4 Å². The van der Waals surface area contributed by atoms with Gasteiger partial charge in [0.15, 0.2) is 5.82 Å². The third-order valence-corrected chi connectivity index (χ3v) is 4.68. The Bertz CT molecular complexity index is 831. The monoisotopic (exact) mass is 340 g/mol. The first-order chi connectivity index (χ1) is 11.7. The minimum atomic E-state index is 0.621. The molecular weight excluding hydrogens is 320 g/mol. The van der Waals surface area contributed by atoms with Gasteiger partial charge in [-0.05, 0) is 37.1 Å². The summed E-state index contributed by atoms with van der Waals surface area (Å²) >= 11 is 1.58. The van der Waals surface area contributed by atoms with Crippen LogP contribution in [0.2, 0.25) is 0 Å². The first kappa shape index (κ1) is 16.4. The molecule has 0 fully saturated rings. The van der Waals surface area contributed by atoms with Crippen molar-refractivity contribution in [2.75, 3.05) is 12.4 Å². The Morgan fingerprint density at radius 1 is 1.12 bits per heavy atom. The lowest BCUT2D eigenvalue weighted by Gasteiger charge is -2.07. The number of nitrogens with two attached hydrogens (primary N) is 1. The van der Waals surface area contributed by atoms with Crippen molar-refractivity contribution in [1.82, 2.24) is 14.9 Å². The zero-order chi connectivity index (χ0) is 16.9. The Balaban J connectivity index is 1.79. The lowest BCUT2D eigenvalue weighted by atomic mass is 10.1. The van der Waals surface area contributed by atoms with Gasteiger partial charge in [-0.2, -0.15) is 0 Å². The molecule has 0 aliphatic heterocycles. The molecule has 24 heavy (non-hydrogen) atoms. The summed E-state index contributed by atoms with van der Waals surface area (Å²) in [6.45, 7) is 4.68. The van der Waals surface area contributed by atoms with Gasteiger partial charge in [-0.15, -0.1) is 10.2 Å². The minimum absolute atomic E-state index is 0.621. The topological polar surface area (TPSA) is 66.0 Å². The van der Waals surface area contributed by atoms with E-state index in [2.05, 4.69) is 29.3 Å². The highest BCUT2D eigenvalue weighted by molar-refractivity contribution is 7.98. The van der Waals surface area contributed by atoms with Gasteiger partial charge in [0.05, 0.1) is 6.61 Å². The standard InChI is InChI=1S/C18H20N4OS/c1-3-23-16-10-6-9-14(11-16)17-20-21-18(22(17)19)24-12-15-8-5-4-7-13(15)2/h4-11H,3,12,19H2,1-2H3. The number of hydrogen-bond donors (Lipinski definition) is 1. The zero-order valence-corrected chi connectivity index (χ0v) is 14.6. The fourth-order valence-corrected chi connectivity index (χ4v) is 3.31. The second-order valence-corrected chi connectivity index (χ2v) is 6.29. The maximum Gasteiger partial charge on any atom is 0.210 e. The van der Waals surface area contributed by atoms with E-state index in [0.29, 0.717) is 17.6 Å². The first-order valence-corrected chi connectivity index (χ1v) is 8.78. The second-order valence-electron chi connectivity index (χ2n) is 5.35. The predicted octanol–water partition coefficient (Wildman–Crippen LogP) is 3.66. The predicted molar refractivity (Wildman–Crippen MR) is 97.5 cm³/mol. The van der Waals surface area contributed by atoms with Crippen LogP contribution >= 0.6 is 11.8 Å². The number of aromatic nitrogens is 3. The molecule has 0 atom stereocenters. The molecule has 124 valence electrons. The SMILES string of the molecule is CCOc1cccc(-c2nnc(SCc3ccccc3C)n2N)c1. The molecule has 0 bridgehead atoms. The maximum absolute atomic E-state index is 6.19. The van der Waals surface area contributed by atoms with Crippen molar-refractivity contribution >= 4 is 11.8 Å². The molecule has 3 rings (SSSR count). The molecular formula is C18H20N4OS. The van der Waals surface area contributed by atoms with Crippen LogP contribution in [-0.2, 0) is 5.75 Å². The molecule has 0 saturated heterocycles. The second kappa shape index (κ2) is 7.40. The third kappa shape index (κ3) is 3.54. The summed E-state index contributed by atoms with van der Waals surface area (Å²) in [5.74, 6) is 8.42. The van der Waals surface area contributed by atoms with Gasteiger partial charge >= 0.3 is 0 Å². The van der Waals surface area contributed by atoms with Crippen LogP contribution < -0.4 is 10.6 Å². The van der Waals surface area contributed by atoms with Crippen molar-refractivity contribution in [1.29, 1.82) is 0 Å². The lowest BCUT2D eigenvalue weighted by Crippen LogP contribution is -2.11. The summed E-state index contributed by atoms with van der Waals surface area (Å²) in [5.41, 5.74) is 3.42. The van der Waals surface area contributed by atoms with Gasteiger partial charge in [-0.1, -0.05) is 48.2 Å². The Morgan fingerprint density at radius 2 is 1.96 bits per heavy atom. The van der Waals surface area contributed by atoms with E-state index in [-0.39, 0.29) is 0 Å². The highest BCUT2D eigenvalue weighted by atomic mass is 32.2. The first-order valence-electron chi connectivity index (χ1n) is 7.80. The van der Waals surface area contributed by atoms with Crippen molar-refractivity contribution in [3.05, 3.63) is 59.7 Å². The van der Waals surface area contributed by atoms with Crippen molar-refractivity contribution in [2.24, 2.45) is 0 Å². The lowest BCUT2D eigenvalue weighted by molar-refractivity contribution is 0.340. The zero-order valence-electron chi connectivity index (χ0n) is 13.8. The van der Waals surface area contributed by atoms with Gasteiger partial charge in [0.1, 0.15) is 5.75 Å². The molecule has 6 heteroatoms. The maximum atomic E-state index is 6.19. The van der Waals surface area contributed by atoms with E-state index in [0.717, 1.165) is 17.1 Å². The Morgan fingerprint density at radius 3 is 2.75 bits per heavy atom. The van der Waals surface area contributed by atoms with Crippen LogP contribution in [-0.4, -0.2) is 21.5 Å². The Labute approximate surface area is 145 Å². The molecule has 0 radical (unpaired) electrons. The minimum Gasteiger partial charge on any atom is -0.494 e. The van der Waals surface area contributed by atoms with Crippen LogP contribution in [0.15, 0.2) is 53.7 Å². The number of nitrogens with zero attached hydrogens (tertiary/aromatic N) is 3. The summed E-state index contributed by atoms with van der Waals surface area (Å²) in [6.07, 6.45) is 0. The number of nitrogen functional groups attached to an aromatic ring is 1. The summed E-state index contributed by atoms with van der Waals surface area (Å²) in [6, 6.07) is 16.0. The molecule has 0 amide bonds. The van der Waals surface area contributed by atoms with Crippen LogP contribution in [0.5, 0.6) is 5.75 Å². The average molecular weight is 340 g/mol. The molecule has 1 aromatic heterocycles. The third-order valence-electron chi connectivity index (χ3n) is 3.69. The molecule has 0 aliphatic rings. The molecule has 3 aromatic rings. The van der Waals surface area contributed by atoms with Crippen molar-refractivity contribution in [2.45, 2.75) is 24.8 Å². The van der Waals surface area contributed by atoms with Crippen molar-refractivity contribution in [3.63, 3.8) is 0 Å². The molecule has 2 aromatic carbocycles. The molecule has 5 nitrogen and oxygen atoms in total. The largest absolute Gasteiger partial charge is 0.494 e. The number of ether oxygens (including phenoxy) is 1. The molecule has 1 heterocycles. The normalized spacial score (nSPS) is 10.8. The van der Waals surface area contributed by atoms with Crippen LogP contribution in [0.3, 0.4) is 0 Å². The van der Waals surface area contributed by atoms with E-state index in [9.17, 15) is 0 Å². The van der Waals surface area contributed by atoms with Gasteiger partial charge in [-0.25, -0.2) is 4.68 Å². The number of benzene rings is 2. The van der Waals surface area contributed by atoms with E-state index < -0.39 is 0 Å². The van der Waals surface area contributed by atoms with E-state index in [1.165, 1.54) is 15.8 Å². The molecule has 2 N–H and O–H groups in total. The summed E-state index contributed by atoms with van der Waals surface area (Å²) < 4.78 is 7.07. The highest BCUT2D eigenvalue weighted by Gasteiger charge is 2.13. The molecule has 0 aliphatic carbocycles.